The van der Waals surface area contributed by atoms with Crippen LogP contribution in [0.25, 0.3) is 27.9 Å². The van der Waals surface area contributed by atoms with Crippen molar-refractivity contribution in [2.24, 2.45) is 14.1 Å². The minimum atomic E-state index is -0.511. The highest BCUT2D eigenvalue weighted by Crippen LogP contribution is 2.33. The molecule has 0 aliphatic heterocycles. The molecule has 0 aliphatic rings. The molecule has 5 aromatic rings. The van der Waals surface area contributed by atoms with Gasteiger partial charge in [0.15, 0.2) is 22.7 Å². The lowest BCUT2D eigenvalue weighted by atomic mass is 10.1. The lowest BCUT2D eigenvalue weighted by Crippen LogP contribution is -2.37. The van der Waals surface area contributed by atoms with Crippen molar-refractivity contribution in [3.63, 3.8) is 0 Å². The van der Waals surface area contributed by atoms with E-state index < -0.39 is 16.8 Å². The van der Waals surface area contributed by atoms with E-state index in [1.807, 2.05) is 30.3 Å². The molecule has 2 aromatic carbocycles. The van der Waals surface area contributed by atoms with Crippen LogP contribution in [0.15, 0.2) is 63.0 Å². The van der Waals surface area contributed by atoms with Gasteiger partial charge in [0, 0.05) is 26.0 Å². The summed E-state index contributed by atoms with van der Waals surface area (Å²) in [6, 6.07) is 13.4. The summed E-state index contributed by atoms with van der Waals surface area (Å²) >= 11 is 0. The van der Waals surface area contributed by atoms with Crippen LogP contribution in [0.3, 0.4) is 0 Å². The number of nitrogens with zero attached hydrogens (tertiary/aromatic N) is 6. The molecule has 0 bridgehead atoms. The van der Waals surface area contributed by atoms with Gasteiger partial charge in [-0.2, -0.15) is 14.8 Å². The molecule has 3 aromatic heterocycles. The molecule has 0 saturated heterocycles. The van der Waals surface area contributed by atoms with E-state index in [9.17, 15) is 14.4 Å². The van der Waals surface area contributed by atoms with Crippen LogP contribution < -0.4 is 26.3 Å². The van der Waals surface area contributed by atoms with Gasteiger partial charge in [0.1, 0.15) is 0 Å². The number of benzene rings is 2. The van der Waals surface area contributed by atoms with Gasteiger partial charge in [-0.25, -0.2) is 4.79 Å². The number of hydrogen-bond donors (Lipinski definition) is 0. The van der Waals surface area contributed by atoms with Gasteiger partial charge in [0.25, 0.3) is 11.1 Å². The lowest BCUT2D eigenvalue weighted by Gasteiger charge is -2.13. The Labute approximate surface area is 210 Å². The van der Waals surface area contributed by atoms with Gasteiger partial charge in [0.2, 0.25) is 5.95 Å². The van der Waals surface area contributed by atoms with E-state index in [-0.39, 0.29) is 28.2 Å². The molecule has 0 N–H and O–H groups in total. The van der Waals surface area contributed by atoms with Gasteiger partial charge >= 0.3 is 5.69 Å². The third-order valence-corrected chi connectivity index (χ3v) is 6.50. The number of hydrogen-bond acceptors (Lipinski definition) is 7. The fraction of sp³-hybridized carbons (Fsp3) is 0.269. The Morgan fingerprint density at radius 1 is 0.892 bits per heavy atom. The van der Waals surface area contributed by atoms with Crippen molar-refractivity contribution in [1.29, 1.82) is 0 Å². The molecule has 0 fully saturated rings. The largest absolute Gasteiger partial charge is 0.493 e. The van der Waals surface area contributed by atoms with Gasteiger partial charge in [0.05, 0.1) is 25.8 Å². The maximum atomic E-state index is 13.8. The highest BCUT2D eigenvalue weighted by Gasteiger charge is 2.23. The zero-order valence-electron chi connectivity index (χ0n) is 21.0. The minimum Gasteiger partial charge on any atom is -0.493 e. The number of methoxy groups -OCH3 is 2. The molecule has 37 heavy (non-hydrogen) atoms. The SMILES string of the molecule is COc1ccc2cnn(-c3nc4c(c(=O)n(C)c(=O)n4C)n3CCCc3ccccc3)c(=O)c2c1OC. The second-order valence-electron chi connectivity index (χ2n) is 8.66. The van der Waals surface area contributed by atoms with E-state index in [2.05, 4.69) is 10.1 Å². The first-order valence-corrected chi connectivity index (χ1v) is 11.7. The first kappa shape index (κ1) is 24.0. The van der Waals surface area contributed by atoms with Crippen LogP contribution in [0.4, 0.5) is 0 Å². The third kappa shape index (κ3) is 3.88. The molecule has 3 heterocycles. The van der Waals surface area contributed by atoms with E-state index in [4.69, 9.17) is 9.47 Å². The number of rotatable bonds is 7. The second kappa shape index (κ2) is 9.41. The average Bonchev–Trinajstić information content (AvgIpc) is 3.30. The van der Waals surface area contributed by atoms with Crippen LogP contribution in [0, 0.1) is 0 Å². The minimum absolute atomic E-state index is 0.137. The summed E-state index contributed by atoms with van der Waals surface area (Å²) in [6.45, 7) is 0.371. The standard InChI is InChI=1S/C26H26N6O5/c1-29-22-20(24(34)30(2)26(29)35)31(14-8-11-16-9-6-5-7-10-16)25(28-22)32-23(33)19-17(15-27-32)12-13-18(36-3)21(19)37-4/h5-7,9-10,12-13,15H,8,11,14H2,1-4H3. The molecule has 0 unspecified atom stereocenters. The zero-order valence-corrected chi connectivity index (χ0v) is 21.0. The van der Waals surface area contributed by atoms with Crippen LogP contribution >= 0.6 is 0 Å². The summed E-state index contributed by atoms with van der Waals surface area (Å²) in [4.78, 5) is 44.2. The van der Waals surface area contributed by atoms with Crippen molar-refractivity contribution in [3.8, 4) is 17.4 Å². The van der Waals surface area contributed by atoms with Crippen LogP contribution in [0.1, 0.15) is 12.0 Å². The van der Waals surface area contributed by atoms with Crippen molar-refractivity contribution < 1.29 is 9.47 Å². The Morgan fingerprint density at radius 2 is 1.65 bits per heavy atom. The van der Waals surface area contributed by atoms with Gasteiger partial charge < -0.3 is 14.0 Å². The Morgan fingerprint density at radius 3 is 2.35 bits per heavy atom. The van der Waals surface area contributed by atoms with E-state index in [0.717, 1.165) is 21.2 Å². The average molecular weight is 503 g/mol. The molecular formula is C26H26N6O5. The first-order valence-electron chi connectivity index (χ1n) is 11.7. The van der Waals surface area contributed by atoms with E-state index in [1.54, 1.807) is 23.7 Å². The van der Waals surface area contributed by atoms with Gasteiger partial charge in [-0.15, -0.1) is 0 Å². The van der Waals surface area contributed by atoms with Crippen molar-refractivity contribution in [2.75, 3.05) is 14.2 Å². The first-order chi connectivity index (χ1) is 17.9. The summed E-state index contributed by atoms with van der Waals surface area (Å²) in [5.74, 6) is 0.812. The third-order valence-electron chi connectivity index (χ3n) is 6.50. The predicted molar refractivity (Wildman–Crippen MR) is 139 cm³/mol. The maximum absolute atomic E-state index is 13.8. The highest BCUT2D eigenvalue weighted by atomic mass is 16.5. The Kier molecular flexibility index (Phi) is 6.12. The molecule has 11 heteroatoms. The van der Waals surface area contributed by atoms with Crippen molar-refractivity contribution in [1.82, 2.24) is 28.5 Å². The van der Waals surface area contributed by atoms with Gasteiger partial charge in [-0.3, -0.25) is 18.7 Å². The normalized spacial score (nSPS) is 11.4. The van der Waals surface area contributed by atoms with Crippen molar-refractivity contribution >= 4 is 21.9 Å². The monoisotopic (exact) mass is 502 g/mol. The fourth-order valence-electron chi connectivity index (χ4n) is 4.59. The van der Waals surface area contributed by atoms with E-state index in [1.165, 1.54) is 32.0 Å². The van der Waals surface area contributed by atoms with Crippen LogP contribution in [0.5, 0.6) is 11.5 Å². The predicted octanol–water partition coefficient (Wildman–Crippen LogP) is 1.78. The van der Waals surface area contributed by atoms with E-state index in [0.29, 0.717) is 24.1 Å². The molecule has 0 atom stereocenters. The highest BCUT2D eigenvalue weighted by molar-refractivity contribution is 5.89. The molecule has 190 valence electrons. The summed E-state index contributed by atoms with van der Waals surface area (Å²) in [5, 5.41) is 5.19. The zero-order chi connectivity index (χ0) is 26.3. The lowest BCUT2D eigenvalue weighted by molar-refractivity contribution is 0.358. The number of imidazole rings is 1. The molecular weight excluding hydrogens is 476 g/mol. The Bertz CT molecular complexity index is 1810. The number of ether oxygens (including phenoxy) is 2. The van der Waals surface area contributed by atoms with E-state index >= 15 is 0 Å². The Balaban J connectivity index is 1.76. The topological polar surface area (TPSA) is 115 Å². The number of fused-ring (bicyclic) bond motifs is 2. The second-order valence-corrected chi connectivity index (χ2v) is 8.66. The van der Waals surface area contributed by atoms with Crippen molar-refractivity contribution in [2.45, 2.75) is 19.4 Å². The van der Waals surface area contributed by atoms with Crippen LogP contribution in [-0.4, -0.2) is 42.7 Å². The molecule has 0 aliphatic carbocycles. The summed E-state index contributed by atoms with van der Waals surface area (Å²) < 4.78 is 16.0. The van der Waals surface area contributed by atoms with Gasteiger partial charge in [-0.1, -0.05) is 30.3 Å². The quantitative estimate of drug-likeness (QED) is 0.333. The summed E-state index contributed by atoms with van der Waals surface area (Å²) in [6.07, 6.45) is 2.94. The maximum Gasteiger partial charge on any atom is 0.332 e. The van der Waals surface area contributed by atoms with Crippen LogP contribution in [0.2, 0.25) is 0 Å². The molecule has 0 spiro atoms. The summed E-state index contributed by atoms with van der Waals surface area (Å²) in [7, 11) is 5.91. The molecule has 0 radical (unpaired) electrons. The molecule has 11 nitrogen and oxygen atoms in total. The smallest absolute Gasteiger partial charge is 0.332 e. The number of aryl methyl sites for hydroxylation is 3. The summed E-state index contributed by atoms with van der Waals surface area (Å²) in [5.41, 5.74) is 0.0439. The van der Waals surface area contributed by atoms with Crippen LogP contribution in [-0.2, 0) is 27.1 Å². The Hall–Kier alpha value is -4.67. The molecule has 0 amide bonds. The van der Waals surface area contributed by atoms with Gasteiger partial charge in [-0.05, 0) is 30.5 Å². The molecule has 5 rings (SSSR count). The fourth-order valence-corrected chi connectivity index (χ4v) is 4.59. The number of aromatic nitrogens is 6. The molecule has 0 saturated carbocycles. The van der Waals surface area contributed by atoms with Crippen molar-refractivity contribution in [3.05, 3.63) is 85.4 Å².